The molecule has 2 aromatic carbocycles. The van der Waals surface area contributed by atoms with Crippen molar-refractivity contribution in [3.8, 4) is 0 Å². The Kier molecular flexibility index (Phi) is 5.66. The summed E-state index contributed by atoms with van der Waals surface area (Å²) >= 11 is 0. The summed E-state index contributed by atoms with van der Waals surface area (Å²) in [7, 11) is 0. The average Bonchev–Trinajstić information content (AvgIpc) is 3.04. The monoisotopic (exact) mass is 440 g/mol. The highest BCUT2D eigenvalue weighted by Gasteiger charge is 2.47. The highest BCUT2D eigenvalue weighted by molar-refractivity contribution is 6.51. The number of para-hydroxylation sites is 1. The lowest BCUT2D eigenvalue weighted by Gasteiger charge is -2.27. The number of carbonyl (C=O) groups is 2. The highest BCUT2D eigenvalue weighted by Crippen LogP contribution is 2.43. The molecule has 0 spiro atoms. The van der Waals surface area contributed by atoms with Crippen LogP contribution in [0, 0.1) is 13.8 Å². The summed E-state index contributed by atoms with van der Waals surface area (Å²) in [5, 5.41) is 11.5. The Hall–Kier alpha value is -3.73. The van der Waals surface area contributed by atoms with Crippen molar-refractivity contribution in [2.24, 2.45) is 0 Å². The molecule has 2 heterocycles. The zero-order chi connectivity index (χ0) is 23.9. The van der Waals surface area contributed by atoms with Crippen LogP contribution in [0.3, 0.4) is 0 Å². The number of nitrogens with zero attached hydrogens (tertiary/aromatic N) is 2. The summed E-state index contributed by atoms with van der Waals surface area (Å²) in [6, 6.07) is 16.1. The van der Waals surface area contributed by atoms with E-state index in [4.69, 9.17) is 0 Å². The van der Waals surface area contributed by atoms with E-state index < -0.39 is 17.7 Å². The highest BCUT2D eigenvalue weighted by atomic mass is 16.3. The number of amides is 1. The van der Waals surface area contributed by atoms with E-state index in [1.807, 2.05) is 62.4 Å². The summed E-state index contributed by atoms with van der Waals surface area (Å²) < 4.78 is 0. The number of aromatic nitrogens is 1. The van der Waals surface area contributed by atoms with E-state index in [9.17, 15) is 14.7 Å². The number of Topliss-reactive ketones (excluding diaryl/α,β-unsaturated/α-hetero) is 1. The number of aliphatic hydroxyl groups is 1. The molecular formula is C28H28N2O3. The van der Waals surface area contributed by atoms with Gasteiger partial charge in [-0.25, -0.2) is 0 Å². The Morgan fingerprint density at radius 2 is 1.70 bits per heavy atom. The lowest BCUT2D eigenvalue weighted by Crippen LogP contribution is -2.30. The van der Waals surface area contributed by atoms with Gasteiger partial charge in [-0.2, -0.15) is 0 Å². The molecule has 1 aliphatic rings. The number of aliphatic hydroxyl groups excluding tert-OH is 1. The van der Waals surface area contributed by atoms with Crippen LogP contribution in [0.5, 0.6) is 0 Å². The van der Waals surface area contributed by atoms with Gasteiger partial charge in [-0.3, -0.25) is 19.5 Å². The lowest BCUT2D eigenvalue weighted by molar-refractivity contribution is -0.132. The summed E-state index contributed by atoms with van der Waals surface area (Å²) in [6.45, 7) is 10.1. The van der Waals surface area contributed by atoms with Gasteiger partial charge in [-0.1, -0.05) is 57.2 Å². The topological polar surface area (TPSA) is 70.5 Å². The maximum atomic E-state index is 13.4. The number of carbonyl (C=O) groups excluding carboxylic acids is 2. The molecule has 1 N–H and O–H groups in total. The quantitative estimate of drug-likeness (QED) is 0.326. The van der Waals surface area contributed by atoms with E-state index in [-0.39, 0.29) is 16.7 Å². The Bertz CT molecular complexity index is 1270. The van der Waals surface area contributed by atoms with E-state index in [0.29, 0.717) is 16.8 Å². The van der Waals surface area contributed by atoms with Gasteiger partial charge in [0.15, 0.2) is 0 Å². The van der Waals surface area contributed by atoms with Crippen molar-refractivity contribution < 1.29 is 14.7 Å². The van der Waals surface area contributed by atoms with Gasteiger partial charge < -0.3 is 5.11 Å². The van der Waals surface area contributed by atoms with E-state index in [0.717, 1.165) is 16.7 Å². The molecule has 33 heavy (non-hydrogen) atoms. The molecule has 1 amide bonds. The molecular weight excluding hydrogens is 412 g/mol. The maximum Gasteiger partial charge on any atom is 0.300 e. The first-order chi connectivity index (χ1) is 15.6. The number of rotatable bonds is 3. The normalized spacial score (nSPS) is 18.1. The Morgan fingerprint density at radius 1 is 0.970 bits per heavy atom. The third-order valence-corrected chi connectivity index (χ3v) is 6.18. The zero-order valence-electron chi connectivity index (χ0n) is 19.6. The average molecular weight is 441 g/mol. The Labute approximate surface area is 194 Å². The van der Waals surface area contributed by atoms with Crippen LogP contribution in [0.4, 0.5) is 5.69 Å². The third kappa shape index (κ3) is 3.95. The first-order valence-corrected chi connectivity index (χ1v) is 11.0. The van der Waals surface area contributed by atoms with Crippen molar-refractivity contribution >= 4 is 23.1 Å². The van der Waals surface area contributed by atoms with Gasteiger partial charge in [0.05, 0.1) is 11.6 Å². The van der Waals surface area contributed by atoms with Crippen LogP contribution in [-0.2, 0) is 15.0 Å². The molecule has 5 heteroatoms. The molecule has 168 valence electrons. The second kappa shape index (κ2) is 8.32. The summed E-state index contributed by atoms with van der Waals surface area (Å²) in [5.41, 5.74) is 4.49. The summed E-state index contributed by atoms with van der Waals surface area (Å²) in [5.74, 6) is -1.53. The molecule has 1 fully saturated rings. The number of benzene rings is 2. The SMILES string of the molecule is Cc1ccc(C(C)(C)C)cc1/C(O)=C1\C(=O)C(=O)N(c2ccccc2C)C1c1cccnc1. The Balaban J connectivity index is 1.99. The number of anilines is 1. The lowest BCUT2D eigenvalue weighted by atomic mass is 9.84. The van der Waals surface area contributed by atoms with Crippen molar-refractivity contribution in [2.45, 2.75) is 46.1 Å². The van der Waals surface area contributed by atoms with Gasteiger partial charge in [0.2, 0.25) is 0 Å². The van der Waals surface area contributed by atoms with E-state index in [1.165, 1.54) is 4.90 Å². The van der Waals surface area contributed by atoms with Crippen LogP contribution < -0.4 is 4.90 Å². The minimum absolute atomic E-state index is 0.0745. The van der Waals surface area contributed by atoms with Gasteiger partial charge in [0.25, 0.3) is 11.7 Å². The van der Waals surface area contributed by atoms with Crippen LogP contribution in [0.1, 0.15) is 54.6 Å². The van der Waals surface area contributed by atoms with Gasteiger partial charge in [-0.05, 0) is 59.7 Å². The third-order valence-electron chi connectivity index (χ3n) is 6.18. The maximum absolute atomic E-state index is 13.4. The van der Waals surface area contributed by atoms with Crippen molar-refractivity contribution in [1.82, 2.24) is 4.98 Å². The van der Waals surface area contributed by atoms with Crippen molar-refractivity contribution in [2.75, 3.05) is 4.90 Å². The molecule has 0 bridgehead atoms. The number of aryl methyl sites for hydroxylation is 2. The van der Waals surface area contributed by atoms with Crippen molar-refractivity contribution in [1.29, 1.82) is 0 Å². The largest absolute Gasteiger partial charge is 0.507 e. The first-order valence-electron chi connectivity index (χ1n) is 11.0. The van der Waals surface area contributed by atoms with Crippen LogP contribution in [0.25, 0.3) is 5.76 Å². The molecule has 0 saturated carbocycles. The molecule has 4 rings (SSSR count). The fourth-order valence-electron chi connectivity index (χ4n) is 4.26. The second-order valence-electron chi connectivity index (χ2n) is 9.52. The summed E-state index contributed by atoms with van der Waals surface area (Å²) in [6.07, 6.45) is 3.27. The molecule has 0 radical (unpaired) electrons. The molecule has 1 atom stereocenters. The molecule has 0 aliphatic carbocycles. The van der Waals surface area contributed by atoms with Crippen LogP contribution in [0.2, 0.25) is 0 Å². The standard InChI is InChI=1S/C28H28N2O3/c1-17-12-13-20(28(3,4)5)15-21(17)25(31)23-24(19-10-8-14-29-16-19)30(27(33)26(23)32)22-11-7-6-9-18(22)2/h6-16,24,31H,1-5H3/b25-23+. The minimum atomic E-state index is -0.780. The first kappa shape index (κ1) is 22.5. The molecule has 1 aliphatic heterocycles. The van der Waals surface area contributed by atoms with Crippen LogP contribution in [0.15, 0.2) is 72.6 Å². The van der Waals surface area contributed by atoms with Crippen LogP contribution in [-0.4, -0.2) is 21.8 Å². The number of hydrogen-bond donors (Lipinski definition) is 1. The van der Waals surface area contributed by atoms with Crippen molar-refractivity contribution in [3.63, 3.8) is 0 Å². The summed E-state index contributed by atoms with van der Waals surface area (Å²) in [4.78, 5) is 32.4. The van der Waals surface area contributed by atoms with Gasteiger partial charge in [0.1, 0.15) is 5.76 Å². The minimum Gasteiger partial charge on any atom is -0.507 e. The predicted molar refractivity (Wildman–Crippen MR) is 130 cm³/mol. The van der Waals surface area contributed by atoms with Gasteiger partial charge in [-0.15, -0.1) is 0 Å². The number of ketones is 1. The number of hydrogen-bond acceptors (Lipinski definition) is 4. The van der Waals surface area contributed by atoms with Gasteiger partial charge in [0, 0.05) is 23.6 Å². The molecule has 1 saturated heterocycles. The second-order valence-corrected chi connectivity index (χ2v) is 9.52. The van der Waals surface area contributed by atoms with E-state index >= 15 is 0 Å². The molecule has 1 aromatic heterocycles. The zero-order valence-corrected chi connectivity index (χ0v) is 19.6. The molecule has 1 unspecified atom stereocenters. The fraction of sp³-hybridized carbons (Fsp3) is 0.250. The fourth-order valence-corrected chi connectivity index (χ4v) is 4.26. The van der Waals surface area contributed by atoms with Crippen molar-refractivity contribution in [3.05, 3.63) is 100 Å². The number of pyridine rings is 1. The van der Waals surface area contributed by atoms with E-state index in [1.54, 1.807) is 18.5 Å². The van der Waals surface area contributed by atoms with Gasteiger partial charge >= 0.3 is 0 Å². The molecule has 3 aromatic rings. The van der Waals surface area contributed by atoms with Crippen LogP contribution >= 0.6 is 0 Å². The Morgan fingerprint density at radius 3 is 2.33 bits per heavy atom. The molecule has 5 nitrogen and oxygen atoms in total. The predicted octanol–water partition coefficient (Wildman–Crippen LogP) is 5.62. The van der Waals surface area contributed by atoms with E-state index in [2.05, 4.69) is 25.8 Å². The smallest absolute Gasteiger partial charge is 0.300 e.